The summed E-state index contributed by atoms with van der Waals surface area (Å²) >= 11 is 0. The molecular formula is C18H27F3N2. The van der Waals surface area contributed by atoms with Crippen molar-refractivity contribution >= 4 is 0 Å². The van der Waals surface area contributed by atoms with Crippen LogP contribution in [0.25, 0.3) is 0 Å². The standard InChI is InChI=1S/C18H27F3N2/c1-3-14(4-2)12-23(16-9-10-22-11-16)13-15-7-5-6-8-17(15)18(19,20)21/h5-8,14,16,22H,3-4,9-13H2,1-2H3/t16-/m0/s1. The van der Waals surface area contributed by atoms with Crippen LogP contribution in [-0.4, -0.2) is 30.6 Å². The van der Waals surface area contributed by atoms with E-state index in [2.05, 4.69) is 24.1 Å². The molecule has 1 aliphatic heterocycles. The first-order valence-electron chi connectivity index (χ1n) is 8.55. The molecular weight excluding hydrogens is 301 g/mol. The zero-order valence-electron chi connectivity index (χ0n) is 14.0. The van der Waals surface area contributed by atoms with Crippen molar-refractivity contribution in [1.82, 2.24) is 10.2 Å². The Bertz CT molecular complexity index is 477. The number of alkyl halides is 3. The van der Waals surface area contributed by atoms with Crippen LogP contribution in [0.5, 0.6) is 0 Å². The van der Waals surface area contributed by atoms with Crippen LogP contribution in [-0.2, 0) is 12.7 Å². The van der Waals surface area contributed by atoms with Crippen molar-refractivity contribution < 1.29 is 13.2 Å². The minimum absolute atomic E-state index is 0.330. The summed E-state index contributed by atoms with van der Waals surface area (Å²) in [6.45, 7) is 7.37. The predicted molar refractivity (Wildman–Crippen MR) is 87.2 cm³/mol. The van der Waals surface area contributed by atoms with Crippen molar-refractivity contribution in [1.29, 1.82) is 0 Å². The number of benzene rings is 1. The van der Waals surface area contributed by atoms with Crippen LogP contribution in [0.15, 0.2) is 24.3 Å². The molecule has 1 aromatic carbocycles. The summed E-state index contributed by atoms with van der Waals surface area (Å²) in [7, 11) is 0. The number of rotatable bonds is 7. The third-order valence-electron chi connectivity index (χ3n) is 4.89. The second-order valence-corrected chi connectivity index (χ2v) is 6.41. The molecule has 1 fully saturated rings. The second kappa shape index (κ2) is 8.15. The minimum atomic E-state index is -4.29. The summed E-state index contributed by atoms with van der Waals surface area (Å²) in [6, 6.07) is 6.31. The summed E-state index contributed by atoms with van der Waals surface area (Å²) in [4.78, 5) is 2.25. The van der Waals surface area contributed by atoms with Gasteiger partial charge >= 0.3 is 6.18 Å². The number of hydrogen-bond acceptors (Lipinski definition) is 2. The van der Waals surface area contributed by atoms with Crippen molar-refractivity contribution in [2.24, 2.45) is 5.92 Å². The Balaban J connectivity index is 2.20. The van der Waals surface area contributed by atoms with Gasteiger partial charge in [0.1, 0.15) is 0 Å². The lowest BCUT2D eigenvalue weighted by molar-refractivity contribution is -0.138. The van der Waals surface area contributed by atoms with Crippen LogP contribution in [0.2, 0.25) is 0 Å². The molecule has 1 atom stereocenters. The number of nitrogens with one attached hydrogen (secondary N) is 1. The first-order chi connectivity index (χ1) is 11.0. The Labute approximate surface area is 137 Å². The van der Waals surface area contributed by atoms with Gasteiger partial charge in [-0.15, -0.1) is 0 Å². The van der Waals surface area contributed by atoms with Crippen LogP contribution in [0.1, 0.15) is 44.2 Å². The number of halogens is 3. The highest BCUT2D eigenvalue weighted by Gasteiger charge is 2.34. The van der Waals surface area contributed by atoms with Gasteiger partial charge in [0.2, 0.25) is 0 Å². The minimum Gasteiger partial charge on any atom is -0.315 e. The summed E-state index contributed by atoms with van der Waals surface area (Å²) in [5.41, 5.74) is -0.113. The zero-order chi connectivity index (χ0) is 16.9. The largest absolute Gasteiger partial charge is 0.416 e. The highest BCUT2D eigenvalue weighted by atomic mass is 19.4. The van der Waals surface area contributed by atoms with Gasteiger partial charge in [-0.3, -0.25) is 4.90 Å². The lowest BCUT2D eigenvalue weighted by atomic mass is 10.00. The number of hydrogen-bond donors (Lipinski definition) is 1. The van der Waals surface area contributed by atoms with Gasteiger partial charge in [0.05, 0.1) is 5.56 Å². The first kappa shape index (κ1) is 18.3. The van der Waals surface area contributed by atoms with Gasteiger partial charge in [0, 0.05) is 25.7 Å². The van der Waals surface area contributed by atoms with E-state index >= 15 is 0 Å². The molecule has 130 valence electrons. The van der Waals surface area contributed by atoms with Gasteiger partial charge in [-0.05, 0) is 30.5 Å². The highest BCUT2D eigenvalue weighted by Crippen LogP contribution is 2.33. The molecule has 1 aromatic rings. The molecule has 23 heavy (non-hydrogen) atoms. The fourth-order valence-corrected chi connectivity index (χ4v) is 3.33. The number of nitrogens with zero attached hydrogens (tertiary/aromatic N) is 1. The first-order valence-corrected chi connectivity index (χ1v) is 8.55. The molecule has 1 saturated heterocycles. The van der Waals surface area contributed by atoms with Gasteiger partial charge in [0.15, 0.2) is 0 Å². The van der Waals surface area contributed by atoms with Crippen LogP contribution in [0.4, 0.5) is 13.2 Å². The Morgan fingerprint density at radius 1 is 1.22 bits per heavy atom. The average Bonchev–Trinajstić information content (AvgIpc) is 3.05. The molecule has 2 rings (SSSR count). The van der Waals surface area contributed by atoms with Crippen molar-refractivity contribution in [3.63, 3.8) is 0 Å². The lowest BCUT2D eigenvalue weighted by Crippen LogP contribution is -2.40. The lowest BCUT2D eigenvalue weighted by Gasteiger charge is -2.32. The Kier molecular flexibility index (Phi) is 6.48. The van der Waals surface area contributed by atoms with E-state index in [0.717, 1.165) is 38.9 Å². The van der Waals surface area contributed by atoms with Crippen molar-refractivity contribution in [3.05, 3.63) is 35.4 Å². The maximum atomic E-state index is 13.2. The summed E-state index contributed by atoms with van der Waals surface area (Å²) < 4.78 is 39.7. The van der Waals surface area contributed by atoms with Gasteiger partial charge in [-0.2, -0.15) is 13.2 Å². The highest BCUT2D eigenvalue weighted by molar-refractivity contribution is 5.29. The molecule has 0 bridgehead atoms. The molecule has 0 aliphatic carbocycles. The van der Waals surface area contributed by atoms with Gasteiger partial charge in [-0.25, -0.2) is 0 Å². The Morgan fingerprint density at radius 2 is 1.91 bits per heavy atom. The molecule has 5 heteroatoms. The molecule has 0 spiro atoms. The Hall–Kier alpha value is -1.07. The molecule has 1 heterocycles. The van der Waals surface area contributed by atoms with Gasteiger partial charge in [0.25, 0.3) is 0 Å². The smallest absolute Gasteiger partial charge is 0.315 e. The monoisotopic (exact) mass is 328 g/mol. The van der Waals surface area contributed by atoms with Crippen LogP contribution in [0, 0.1) is 5.92 Å². The second-order valence-electron chi connectivity index (χ2n) is 6.41. The third-order valence-corrected chi connectivity index (χ3v) is 4.89. The maximum Gasteiger partial charge on any atom is 0.416 e. The van der Waals surface area contributed by atoms with E-state index < -0.39 is 11.7 Å². The molecule has 0 aromatic heterocycles. The van der Waals surface area contributed by atoms with E-state index in [1.54, 1.807) is 12.1 Å². The van der Waals surface area contributed by atoms with Crippen LogP contribution >= 0.6 is 0 Å². The fourth-order valence-electron chi connectivity index (χ4n) is 3.33. The molecule has 1 N–H and O–H groups in total. The van der Waals surface area contributed by atoms with E-state index in [4.69, 9.17) is 0 Å². The summed E-state index contributed by atoms with van der Waals surface area (Å²) in [5, 5.41) is 3.33. The van der Waals surface area contributed by atoms with E-state index in [1.807, 2.05) is 0 Å². The van der Waals surface area contributed by atoms with Crippen molar-refractivity contribution in [2.75, 3.05) is 19.6 Å². The van der Waals surface area contributed by atoms with Gasteiger partial charge < -0.3 is 5.32 Å². The predicted octanol–water partition coefficient (Wildman–Crippen LogP) is 4.31. The average molecular weight is 328 g/mol. The zero-order valence-corrected chi connectivity index (χ0v) is 14.0. The SMILES string of the molecule is CCC(CC)CN(Cc1ccccc1C(F)(F)F)[C@H]1CCNC1. The van der Waals surface area contributed by atoms with E-state index in [0.29, 0.717) is 24.1 Å². The van der Waals surface area contributed by atoms with E-state index in [9.17, 15) is 13.2 Å². The summed E-state index contributed by atoms with van der Waals surface area (Å²) in [5.74, 6) is 0.536. The fraction of sp³-hybridized carbons (Fsp3) is 0.667. The normalized spacial score (nSPS) is 19.0. The third kappa shape index (κ3) is 4.95. The molecule has 0 radical (unpaired) electrons. The Morgan fingerprint density at radius 3 is 2.48 bits per heavy atom. The molecule has 2 nitrogen and oxygen atoms in total. The van der Waals surface area contributed by atoms with Gasteiger partial charge in [-0.1, -0.05) is 44.9 Å². The maximum absolute atomic E-state index is 13.2. The summed E-state index contributed by atoms with van der Waals surface area (Å²) in [6.07, 6.45) is -1.15. The topological polar surface area (TPSA) is 15.3 Å². The van der Waals surface area contributed by atoms with Crippen LogP contribution in [0.3, 0.4) is 0 Å². The molecule has 1 aliphatic rings. The van der Waals surface area contributed by atoms with E-state index in [1.165, 1.54) is 12.1 Å². The van der Waals surface area contributed by atoms with Crippen LogP contribution < -0.4 is 5.32 Å². The molecule has 0 unspecified atom stereocenters. The molecule has 0 amide bonds. The van der Waals surface area contributed by atoms with Crippen molar-refractivity contribution in [2.45, 2.75) is 51.9 Å². The molecule has 0 saturated carbocycles. The quantitative estimate of drug-likeness (QED) is 0.802. The van der Waals surface area contributed by atoms with E-state index in [-0.39, 0.29) is 0 Å². The van der Waals surface area contributed by atoms with Crippen molar-refractivity contribution in [3.8, 4) is 0 Å².